The lowest BCUT2D eigenvalue weighted by atomic mass is 10.2. The van der Waals surface area contributed by atoms with Gasteiger partial charge in [-0.25, -0.2) is 13.5 Å². The molecule has 0 aliphatic carbocycles. The third-order valence-corrected chi connectivity index (χ3v) is 2.15. The van der Waals surface area contributed by atoms with E-state index >= 15 is 0 Å². The van der Waals surface area contributed by atoms with Crippen molar-refractivity contribution >= 4 is 11.6 Å². The van der Waals surface area contributed by atoms with Crippen molar-refractivity contribution in [2.75, 3.05) is 13.7 Å². The van der Waals surface area contributed by atoms with Crippen molar-refractivity contribution in [3.63, 3.8) is 0 Å². The van der Waals surface area contributed by atoms with Crippen LogP contribution in [0.15, 0.2) is 0 Å². The van der Waals surface area contributed by atoms with Gasteiger partial charge in [0.25, 0.3) is 6.43 Å². The lowest BCUT2D eigenvalue weighted by Gasteiger charge is -2.06. The first-order chi connectivity index (χ1) is 7.19. The molecule has 0 saturated heterocycles. The van der Waals surface area contributed by atoms with E-state index in [0.717, 1.165) is 0 Å². The second-order valence-electron chi connectivity index (χ2n) is 2.93. The minimum atomic E-state index is -2.45. The Morgan fingerprint density at radius 1 is 1.53 bits per heavy atom. The summed E-state index contributed by atoms with van der Waals surface area (Å²) in [5.41, 5.74) is 1.15. The molecule has 0 atom stereocenters. The number of hydrogen-bond donors (Lipinski definition) is 0. The van der Waals surface area contributed by atoms with Gasteiger partial charge in [-0.15, -0.1) is 16.7 Å². The molecule has 0 spiro atoms. The van der Waals surface area contributed by atoms with Gasteiger partial charge < -0.3 is 4.74 Å². The molecule has 0 aromatic carbocycles. The topological polar surface area (TPSA) is 39.9 Å². The predicted octanol–water partition coefficient (Wildman–Crippen LogP) is 1.47. The highest BCUT2D eigenvalue weighted by atomic mass is 35.5. The van der Waals surface area contributed by atoms with Crippen molar-refractivity contribution in [2.45, 2.75) is 25.3 Å². The molecule has 7 heteroatoms. The molecule has 1 rings (SSSR count). The summed E-state index contributed by atoms with van der Waals surface area (Å²) < 4.78 is 30.4. The van der Waals surface area contributed by atoms with Crippen LogP contribution in [-0.2, 0) is 23.6 Å². The molecule has 0 fully saturated rings. The number of hydrogen-bond acceptors (Lipinski definition) is 3. The molecule has 0 aliphatic rings. The second-order valence-corrected chi connectivity index (χ2v) is 3.20. The van der Waals surface area contributed by atoms with Crippen LogP contribution in [0.4, 0.5) is 8.78 Å². The Labute approximate surface area is 91.2 Å². The number of aromatic nitrogens is 3. The highest BCUT2D eigenvalue weighted by molar-refractivity contribution is 6.16. The first-order valence-corrected chi connectivity index (χ1v) is 4.96. The minimum absolute atomic E-state index is 0.169. The number of nitrogens with zero attached hydrogens (tertiary/aromatic N) is 3. The lowest BCUT2D eigenvalue weighted by Crippen LogP contribution is -2.13. The summed E-state index contributed by atoms with van der Waals surface area (Å²) in [4.78, 5) is 0. The molecule has 1 aromatic rings. The van der Waals surface area contributed by atoms with Gasteiger partial charge in [0.1, 0.15) is 12.2 Å². The first-order valence-electron chi connectivity index (χ1n) is 4.43. The Bertz CT molecular complexity index is 306. The van der Waals surface area contributed by atoms with Gasteiger partial charge in [-0.2, -0.15) is 0 Å². The molecule has 86 valence electrons. The molecule has 0 aliphatic heterocycles. The molecule has 0 N–H and O–H groups in total. The zero-order valence-corrected chi connectivity index (χ0v) is 9.05. The fourth-order valence-electron chi connectivity index (χ4n) is 1.22. The number of rotatable bonds is 6. The molecule has 0 unspecified atom stereocenters. The van der Waals surface area contributed by atoms with Crippen molar-refractivity contribution in [1.29, 1.82) is 0 Å². The van der Waals surface area contributed by atoms with Crippen molar-refractivity contribution in [1.82, 2.24) is 15.0 Å². The second kappa shape index (κ2) is 5.97. The van der Waals surface area contributed by atoms with Gasteiger partial charge in [-0.1, -0.05) is 5.21 Å². The van der Waals surface area contributed by atoms with Gasteiger partial charge in [0.15, 0.2) is 0 Å². The van der Waals surface area contributed by atoms with E-state index in [2.05, 4.69) is 10.3 Å². The van der Waals surface area contributed by atoms with Gasteiger partial charge in [0.05, 0.1) is 18.2 Å². The van der Waals surface area contributed by atoms with Crippen molar-refractivity contribution in [2.24, 2.45) is 0 Å². The van der Waals surface area contributed by atoms with Crippen molar-refractivity contribution in [3.8, 4) is 0 Å². The summed E-state index contributed by atoms with van der Waals surface area (Å²) in [5, 5.41) is 7.36. The van der Waals surface area contributed by atoms with Gasteiger partial charge in [-0.05, 0) is 0 Å². The van der Waals surface area contributed by atoms with Crippen LogP contribution in [0.3, 0.4) is 0 Å². The number of methoxy groups -OCH3 is 1. The highest BCUT2D eigenvalue weighted by Gasteiger charge is 2.14. The Hall–Kier alpha value is -0.750. The fourth-order valence-corrected chi connectivity index (χ4v) is 1.43. The maximum absolute atomic E-state index is 12.2. The van der Waals surface area contributed by atoms with Gasteiger partial charge in [-0.3, -0.25) is 0 Å². The van der Waals surface area contributed by atoms with Crippen molar-refractivity contribution in [3.05, 3.63) is 11.4 Å². The maximum atomic E-state index is 12.2. The molecule has 0 radical (unpaired) electrons. The van der Waals surface area contributed by atoms with Crippen molar-refractivity contribution < 1.29 is 13.5 Å². The van der Waals surface area contributed by atoms with E-state index < -0.39 is 13.0 Å². The first kappa shape index (κ1) is 12.3. The summed E-state index contributed by atoms with van der Waals surface area (Å²) in [5.74, 6) is 0.169. The zero-order valence-electron chi connectivity index (χ0n) is 8.29. The average Bonchev–Trinajstić information content (AvgIpc) is 2.56. The van der Waals surface area contributed by atoms with E-state index in [1.165, 1.54) is 4.68 Å². The molecule has 0 bridgehead atoms. The smallest absolute Gasteiger partial charge is 0.257 e. The molecule has 1 heterocycles. The van der Waals surface area contributed by atoms with Crippen LogP contribution >= 0.6 is 11.6 Å². The monoisotopic (exact) mass is 239 g/mol. The fraction of sp³-hybridized carbons (Fsp3) is 0.750. The SMILES string of the molecule is COCCc1c(CCl)nnn1CC(F)F. The third-order valence-electron chi connectivity index (χ3n) is 1.90. The summed E-state index contributed by atoms with van der Waals surface area (Å²) in [6, 6.07) is 0. The lowest BCUT2D eigenvalue weighted by molar-refractivity contribution is 0.118. The Kier molecular flexibility index (Phi) is 4.90. The van der Waals surface area contributed by atoms with Crippen LogP contribution in [0, 0.1) is 0 Å². The molecule has 0 saturated carbocycles. The van der Waals surface area contributed by atoms with Crippen LogP contribution in [0.1, 0.15) is 11.4 Å². The third kappa shape index (κ3) is 3.39. The molecule has 4 nitrogen and oxygen atoms in total. The van der Waals surface area contributed by atoms with Crippen LogP contribution < -0.4 is 0 Å². The standard InChI is InChI=1S/C8H12ClF2N3O/c1-15-3-2-7-6(4-9)12-13-14(7)5-8(10)11/h8H,2-5H2,1H3. The van der Waals surface area contributed by atoms with Gasteiger partial charge in [0, 0.05) is 13.5 Å². The molecular formula is C8H12ClF2N3O. The largest absolute Gasteiger partial charge is 0.384 e. The minimum Gasteiger partial charge on any atom is -0.384 e. The molecular weight excluding hydrogens is 228 g/mol. The average molecular weight is 240 g/mol. The number of ether oxygens (including phenoxy) is 1. The van der Waals surface area contributed by atoms with E-state index in [1.807, 2.05) is 0 Å². The molecule has 1 aromatic heterocycles. The van der Waals surface area contributed by atoms with E-state index in [4.69, 9.17) is 16.3 Å². The number of alkyl halides is 3. The molecule has 0 amide bonds. The van der Waals surface area contributed by atoms with Gasteiger partial charge in [0.2, 0.25) is 0 Å². The molecule has 15 heavy (non-hydrogen) atoms. The quantitative estimate of drug-likeness (QED) is 0.706. The van der Waals surface area contributed by atoms with Crippen LogP contribution in [-0.4, -0.2) is 35.1 Å². The summed E-state index contributed by atoms with van der Waals surface area (Å²) in [6.45, 7) is -0.0244. The Morgan fingerprint density at radius 3 is 2.80 bits per heavy atom. The van der Waals surface area contributed by atoms with Gasteiger partial charge >= 0.3 is 0 Å². The maximum Gasteiger partial charge on any atom is 0.257 e. The predicted molar refractivity (Wildman–Crippen MR) is 51.2 cm³/mol. The zero-order chi connectivity index (χ0) is 11.3. The van der Waals surface area contributed by atoms with E-state index in [1.54, 1.807) is 7.11 Å². The van der Waals surface area contributed by atoms with Crippen LogP contribution in [0.2, 0.25) is 0 Å². The number of halogens is 3. The summed E-state index contributed by atoms with van der Waals surface area (Å²) in [7, 11) is 1.54. The highest BCUT2D eigenvalue weighted by Crippen LogP contribution is 2.11. The summed E-state index contributed by atoms with van der Waals surface area (Å²) in [6.07, 6.45) is -1.96. The van der Waals surface area contributed by atoms with Crippen LogP contribution in [0.25, 0.3) is 0 Å². The Balaban J connectivity index is 2.79. The van der Waals surface area contributed by atoms with E-state index in [-0.39, 0.29) is 5.88 Å². The van der Waals surface area contributed by atoms with E-state index in [0.29, 0.717) is 24.4 Å². The summed E-state index contributed by atoms with van der Waals surface area (Å²) >= 11 is 5.62. The normalized spacial score (nSPS) is 11.3. The Morgan fingerprint density at radius 2 is 2.27 bits per heavy atom. The van der Waals surface area contributed by atoms with Crippen LogP contribution in [0.5, 0.6) is 0 Å². The van der Waals surface area contributed by atoms with E-state index in [9.17, 15) is 8.78 Å².